The van der Waals surface area contributed by atoms with Gasteiger partial charge in [-0.25, -0.2) is 4.90 Å². The molecule has 0 aromatic carbocycles. The van der Waals surface area contributed by atoms with Gasteiger partial charge in [0.2, 0.25) is 0 Å². The largest absolute Gasteiger partial charge is 0.379 e. The van der Waals surface area contributed by atoms with Crippen LogP contribution in [-0.2, 0) is 14.5 Å². The topological polar surface area (TPSA) is 37.5 Å². The predicted octanol–water partition coefficient (Wildman–Crippen LogP) is -0.436. The third-order valence-electron chi connectivity index (χ3n) is 1.53. The van der Waals surface area contributed by atoms with E-state index in [1.54, 1.807) is 0 Å². The van der Waals surface area contributed by atoms with Crippen molar-refractivity contribution in [2.45, 2.75) is 6.41 Å². The first-order valence-corrected chi connectivity index (χ1v) is 3.11. The van der Waals surface area contributed by atoms with Gasteiger partial charge in [-0.05, 0) is 0 Å². The summed E-state index contributed by atoms with van der Waals surface area (Å²) in [4.78, 5) is 11.3. The van der Waals surface area contributed by atoms with E-state index >= 15 is 0 Å². The first kappa shape index (κ1) is 5.61. The van der Waals surface area contributed by atoms with Crippen LogP contribution in [0.15, 0.2) is 0 Å². The van der Waals surface area contributed by atoms with E-state index in [-0.39, 0.29) is 6.41 Å². The van der Waals surface area contributed by atoms with Crippen LogP contribution in [0.1, 0.15) is 0 Å². The number of ether oxygens (including phenoxy) is 1. The van der Waals surface area contributed by atoms with E-state index in [2.05, 4.69) is 14.7 Å². The molecule has 52 valence electrons. The second kappa shape index (κ2) is 2.22. The molecule has 4 nitrogen and oxygen atoms in total. The van der Waals surface area contributed by atoms with E-state index in [9.17, 15) is 0 Å². The standard InChI is InChI=1S/C5H9NO3/c1-3-7-4-2-6(1)5-8-9-5/h5H,1-4H2. The number of rotatable bonds is 1. The van der Waals surface area contributed by atoms with Gasteiger partial charge in [-0.15, -0.1) is 0 Å². The van der Waals surface area contributed by atoms with Gasteiger partial charge in [-0.1, -0.05) is 0 Å². The summed E-state index contributed by atoms with van der Waals surface area (Å²) in [6, 6.07) is 0. The van der Waals surface area contributed by atoms with E-state index in [0.717, 1.165) is 26.3 Å². The van der Waals surface area contributed by atoms with Crippen LogP contribution in [0.25, 0.3) is 0 Å². The minimum atomic E-state index is -0.0612. The Labute approximate surface area is 53.2 Å². The lowest BCUT2D eigenvalue weighted by molar-refractivity contribution is 0.0144. The fraction of sp³-hybridized carbons (Fsp3) is 1.00. The Hall–Kier alpha value is -0.160. The molecule has 0 amide bonds. The van der Waals surface area contributed by atoms with Crippen molar-refractivity contribution in [2.24, 2.45) is 0 Å². The molecule has 2 aliphatic rings. The van der Waals surface area contributed by atoms with Crippen LogP contribution >= 0.6 is 0 Å². The molecule has 0 aliphatic carbocycles. The molecule has 0 unspecified atom stereocenters. The molecule has 0 saturated carbocycles. The maximum Gasteiger partial charge on any atom is 0.280 e. The Bertz CT molecular complexity index is 98.4. The highest BCUT2D eigenvalue weighted by molar-refractivity contribution is 4.61. The number of hydrogen-bond donors (Lipinski definition) is 0. The summed E-state index contributed by atoms with van der Waals surface area (Å²) in [7, 11) is 0. The van der Waals surface area contributed by atoms with Crippen LogP contribution in [0.3, 0.4) is 0 Å². The van der Waals surface area contributed by atoms with Gasteiger partial charge in [-0.2, -0.15) is 9.78 Å². The van der Waals surface area contributed by atoms with E-state index in [0.29, 0.717) is 0 Å². The van der Waals surface area contributed by atoms with Crippen molar-refractivity contribution in [3.63, 3.8) is 0 Å². The molecule has 0 N–H and O–H groups in total. The van der Waals surface area contributed by atoms with Crippen LogP contribution in [0.5, 0.6) is 0 Å². The highest BCUT2D eigenvalue weighted by Gasteiger charge is 2.34. The smallest absolute Gasteiger partial charge is 0.280 e. The van der Waals surface area contributed by atoms with Crippen molar-refractivity contribution < 1.29 is 14.5 Å². The molecular weight excluding hydrogens is 122 g/mol. The molecule has 2 aliphatic heterocycles. The molecule has 2 fully saturated rings. The van der Waals surface area contributed by atoms with Gasteiger partial charge in [0.1, 0.15) is 0 Å². The summed E-state index contributed by atoms with van der Waals surface area (Å²) in [5.74, 6) is 0. The minimum absolute atomic E-state index is 0.0612. The fourth-order valence-corrected chi connectivity index (χ4v) is 0.935. The zero-order valence-electron chi connectivity index (χ0n) is 5.08. The van der Waals surface area contributed by atoms with Crippen LogP contribution in [0.2, 0.25) is 0 Å². The Balaban J connectivity index is 1.80. The zero-order valence-corrected chi connectivity index (χ0v) is 5.08. The van der Waals surface area contributed by atoms with Crippen molar-refractivity contribution >= 4 is 0 Å². The summed E-state index contributed by atoms with van der Waals surface area (Å²) in [5, 5.41) is 0. The van der Waals surface area contributed by atoms with Crippen molar-refractivity contribution in [2.75, 3.05) is 26.3 Å². The molecule has 0 atom stereocenters. The number of morpholine rings is 1. The molecule has 2 saturated heterocycles. The first-order valence-electron chi connectivity index (χ1n) is 3.11. The molecule has 0 bridgehead atoms. The summed E-state index contributed by atoms with van der Waals surface area (Å²) in [5.41, 5.74) is 0. The molecule has 0 radical (unpaired) electrons. The van der Waals surface area contributed by atoms with Gasteiger partial charge in [0.25, 0.3) is 6.41 Å². The maximum absolute atomic E-state index is 5.12. The van der Waals surface area contributed by atoms with Crippen molar-refractivity contribution in [1.82, 2.24) is 4.90 Å². The van der Waals surface area contributed by atoms with Crippen LogP contribution in [-0.4, -0.2) is 37.6 Å². The second-order valence-electron chi connectivity index (χ2n) is 2.15. The lowest BCUT2D eigenvalue weighted by Gasteiger charge is -2.22. The molecule has 0 aromatic rings. The third-order valence-corrected chi connectivity index (χ3v) is 1.53. The maximum atomic E-state index is 5.12. The zero-order chi connectivity index (χ0) is 6.10. The monoisotopic (exact) mass is 131 g/mol. The third kappa shape index (κ3) is 1.21. The highest BCUT2D eigenvalue weighted by atomic mass is 17.4. The van der Waals surface area contributed by atoms with Crippen LogP contribution in [0, 0.1) is 0 Å². The summed E-state index contributed by atoms with van der Waals surface area (Å²) >= 11 is 0. The normalized spacial score (nSPS) is 30.7. The predicted molar refractivity (Wildman–Crippen MR) is 28.3 cm³/mol. The Kier molecular flexibility index (Phi) is 1.39. The van der Waals surface area contributed by atoms with E-state index in [4.69, 9.17) is 4.74 Å². The van der Waals surface area contributed by atoms with Gasteiger partial charge in [0.15, 0.2) is 0 Å². The average molecular weight is 131 g/mol. The number of nitrogens with zero attached hydrogens (tertiary/aromatic N) is 1. The molecule has 4 heteroatoms. The van der Waals surface area contributed by atoms with E-state index in [1.807, 2.05) is 0 Å². The van der Waals surface area contributed by atoms with Crippen molar-refractivity contribution in [1.29, 1.82) is 0 Å². The Morgan fingerprint density at radius 1 is 1.11 bits per heavy atom. The summed E-state index contributed by atoms with van der Waals surface area (Å²) in [6.45, 7) is 3.43. The average Bonchev–Trinajstić information content (AvgIpc) is 2.71. The second-order valence-corrected chi connectivity index (χ2v) is 2.15. The molecule has 9 heavy (non-hydrogen) atoms. The molecule has 0 spiro atoms. The summed E-state index contributed by atoms with van der Waals surface area (Å²) in [6.07, 6.45) is -0.0612. The number of hydrogen-bond acceptors (Lipinski definition) is 4. The Morgan fingerprint density at radius 3 is 2.33 bits per heavy atom. The van der Waals surface area contributed by atoms with Gasteiger partial charge in [0.05, 0.1) is 13.2 Å². The fourth-order valence-electron chi connectivity index (χ4n) is 0.935. The van der Waals surface area contributed by atoms with Crippen molar-refractivity contribution in [3.8, 4) is 0 Å². The van der Waals surface area contributed by atoms with Gasteiger partial charge >= 0.3 is 0 Å². The SMILES string of the molecule is C1CN(C2OO2)CCO1. The molecular formula is C5H9NO3. The molecule has 2 rings (SSSR count). The van der Waals surface area contributed by atoms with Crippen LogP contribution < -0.4 is 0 Å². The molecule has 2 heterocycles. The minimum Gasteiger partial charge on any atom is -0.379 e. The lowest BCUT2D eigenvalue weighted by Crippen LogP contribution is -2.38. The Morgan fingerprint density at radius 2 is 1.78 bits per heavy atom. The van der Waals surface area contributed by atoms with Crippen LogP contribution in [0.4, 0.5) is 0 Å². The quantitative estimate of drug-likeness (QED) is 0.357. The van der Waals surface area contributed by atoms with Gasteiger partial charge < -0.3 is 4.74 Å². The highest BCUT2D eigenvalue weighted by Crippen LogP contribution is 2.17. The van der Waals surface area contributed by atoms with Crippen molar-refractivity contribution in [3.05, 3.63) is 0 Å². The first-order chi connectivity index (χ1) is 4.47. The summed E-state index contributed by atoms with van der Waals surface area (Å²) < 4.78 is 5.12. The van der Waals surface area contributed by atoms with Gasteiger partial charge in [0, 0.05) is 13.1 Å². The van der Waals surface area contributed by atoms with E-state index < -0.39 is 0 Å². The molecule has 0 aromatic heterocycles. The van der Waals surface area contributed by atoms with E-state index in [1.165, 1.54) is 0 Å². The van der Waals surface area contributed by atoms with Gasteiger partial charge in [-0.3, -0.25) is 0 Å². The lowest BCUT2D eigenvalue weighted by atomic mass is 10.5.